The summed E-state index contributed by atoms with van der Waals surface area (Å²) in [5.41, 5.74) is 1.14. The fraction of sp³-hybridized carbons (Fsp3) is 0.625. The molecule has 2 saturated heterocycles. The third-order valence-corrected chi connectivity index (χ3v) is 4.26. The van der Waals surface area contributed by atoms with E-state index in [2.05, 4.69) is 29.2 Å². The zero-order chi connectivity index (χ0) is 13.1. The van der Waals surface area contributed by atoms with Gasteiger partial charge < -0.3 is 9.47 Å². The van der Waals surface area contributed by atoms with Crippen molar-refractivity contribution in [3.05, 3.63) is 35.9 Å². The molecule has 3 heteroatoms. The Labute approximate surface area is 115 Å². The van der Waals surface area contributed by atoms with E-state index >= 15 is 0 Å². The molecule has 104 valence electrons. The van der Waals surface area contributed by atoms with Gasteiger partial charge in [-0.2, -0.15) is 0 Å². The van der Waals surface area contributed by atoms with Gasteiger partial charge in [0.25, 0.3) is 0 Å². The van der Waals surface area contributed by atoms with Gasteiger partial charge in [0, 0.05) is 18.2 Å². The molecule has 0 aromatic heterocycles. The van der Waals surface area contributed by atoms with E-state index in [9.17, 15) is 0 Å². The maximum atomic E-state index is 6.20. The standard InChI is InChI=1S/C16H23NO2/c1-2-18-16(14-8-4-3-5-9-14)13-17-11-7-6-10-15(17)12-19-16/h3-5,8-9,15H,2,6-7,10-13H2,1H3. The van der Waals surface area contributed by atoms with Gasteiger partial charge in [0.05, 0.1) is 13.2 Å². The van der Waals surface area contributed by atoms with E-state index in [0.29, 0.717) is 12.6 Å². The lowest BCUT2D eigenvalue weighted by atomic mass is 9.96. The lowest BCUT2D eigenvalue weighted by Crippen LogP contribution is -2.57. The first-order valence-corrected chi connectivity index (χ1v) is 7.41. The Kier molecular flexibility index (Phi) is 3.87. The molecular weight excluding hydrogens is 238 g/mol. The van der Waals surface area contributed by atoms with E-state index in [-0.39, 0.29) is 0 Å². The molecule has 2 aliphatic rings. The molecule has 19 heavy (non-hydrogen) atoms. The van der Waals surface area contributed by atoms with Gasteiger partial charge >= 0.3 is 0 Å². The Hall–Kier alpha value is -0.900. The minimum atomic E-state index is -0.566. The van der Waals surface area contributed by atoms with E-state index in [4.69, 9.17) is 9.47 Å². The summed E-state index contributed by atoms with van der Waals surface area (Å²) >= 11 is 0. The molecule has 1 aromatic rings. The normalized spacial score (nSPS) is 31.9. The number of ether oxygens (including phenoxy) is 2. The molecule has 0 aliphatic carbocycles. The number of morpholine rings is 1. The minimum absolute atomic E-state index is 0.566. The molecule has 0 N–H and O–H groups in total. The van der Waals surface area contributed by atoms with Crippen LogP contribution in [-0.4, -0.2) is 37.2 Å². The average molecular weight is 261 g/mol. The first kappa shape index (κ1) is 13.1. The lowest BCUT2D eigenvalue weighted by molar-refractivity contribution is -0.288. The monoisotopic (exact) mass is 261 g/mol. The Morgan fingerprint density at radius 1 is 1.32 bits per heavy atom. The highest BCUT2D eigenvalue weighted by Crippen LogP contribution is 2.35. The third-order valence-electron chi connectivity index (χ3n) is 4.26. The van der Waals surface area contributed by atoms with Gasteiger partial charge in [-0.15, -0.1) is 0 Å². The Morgan fingerprint density at radius 3 is 2.95 bits per heavy atom. The van der Waals surface area contributed by atoms with Crippen LogP contribution in [0.2, 0.25) is 0 Å². The molecule has 2 heterocycles. The van der Waals surface area contributed by atoms with Crippen LogP contribution in [0.4, 0.5) is 0 Å². The molecule has 0 saturated carbocycles. The van der Waals surface area contributed by atoms with Crippen LogP contribution >= 0.6 is 0 Å². The first-order valence-electron chi connectivity index (χ1n) is 7.41. The van der Waals surface area contributed by atoms with Crippen LogP contribution in [0.15, 0.2) is 30.3 Å². The summed E-state index contributed by atoms with van der Waals surface area (Å²) in [5, 5.41) is 0. The lowest BCUT2D eigenvalue weighted by Gasteiger charge is -2.48. The van der Waals surface area contributed by atoms with Gasteiger partial charge in [-0.05, 0) is 26.3 Å². The van der Waals surface area contributed by atoms with Crippen molar-refractivity contribution in [3.63, 3.8) is 0 Å². The Bertz CT molecular complexity index is 408. The van der Waals surface area contributed by atoms with Crippen molar-refractivity contribution in [2.45, 2.75) is 38.0 Å². The van der Waals surface area contributed by atoms with Crippen LogP contribution in [0.1, 0.15) is 31.7 Å². The van der Waals surface area contributed by atoms with Crippen molar-refractivity contribution in [3.8, 4) is 0 Å². The second kappa shape index (κ2) is 5.61. The fourth-order valence-electron chi connectivity index (χ4n) is 3.27. The van der Waals surface area contributed by atoms with Crippen molar-refractivity contribution in [1.29, 1.82) is 0 Å². The van der Waals surface area contributed by atoms with E-state index in [1.54, 1.807) is 0 Å². The Balaban J connectivity index is 1.85. The van der Waals surface area contributed by atoms with Crippen molar-refractivity contribution < 1.29 is 9.47 Å². The molecule has 0 amide bonds. The van der Waals surface area contributed by atoms with Gasteiger partial charge in [-0.1, -0.05) is 36.8 Å². The first-order chi connectivity index (χ1) is 9.34. The summed E-state index contributed by atoms with van der Waals surface area (Å²) in [4.78, 5) is 2.55. The zero-order valence-electron chi connectivity index (χ0n) is 11.7. The van der Waals surface area contributed by atoms with Crippen molar-refractivity contribution in [2.24, 2.45) is 0 Å². The average Bonchev–Trinajstić information content (AvgIpc) is 2.48. The van der Waals surface area contributed by atoms with Crippen LogP contribution in [0, 0.1) is 0 Å². The second-order valence-electron chi connectivity index (χ2n) is 5.48. The highest BCUT2D eigenvalue weighted by Gasteiger charge is 2.43. The number of fused-ring (bicyclic) bond motifs is 1. The fourth-order valence-corrected chi connectivity index (χ4v) is 3.27. The number of hydrogen-bond donors (Lipinski definition) is 0. The van der Waals surface area contributed by atoms with Crippen LogP contribution in [0.3, 0.4) is 0 Å². The molecule has 0 bridgehead atoms. The molecule has 2 fully saturated rings. The molecule has 0 spiro atoms. The number of nitrogens with zero attached hydrogens (tertiary/aromatic N) is 1. The van der Waals surface area contributed by atoms with Gasteiger partial charge in [0.15, 0.2) is 0 Å². The summed E-state index contributed by atoms with van der Waals surface area (Å²) in [6.07, 6.45) is 3.89. The van der Waals surface area contributed by atoms with Crippen molar-refractivity contribution in [1.82, 2.24) is 4.90 Å². The molecular formula is C16H23NO2. The molecule has 2 atom stereocenters. The van der Waals surface area contributed by atoms with Crippen LogP contribution < -0.4 is 0 Å². The molecule has 3 nitrogen and oxygen atoms in total. The van der Waals surface area contributed by atoms with Gasteiger partial charge in [0.1, 0.15) is 0 Å². The van der Waals surface area contributed by atoms with Crippen LogP contribution in [0.25, 0.3) is 0 Å². The predicted octanol–water partition coefficient (Wildman–Crippen LogP) is 2.76. The maximum absolute atomic E-state index is 6.20. The molecule has 3 rings (SSSR count). The van der Waals surface area contributed by atoms with Crippen molar-refractivity contribution in [2.75, 3.05) is 26.3 Å². The summed E-state index contributed by atoms with van der Waals surface area (Å²) in [7, 11) is 0. The third kappa shape index (κ3) is 2.55. The predicted molar refractivity (Wildman–Crippen MR) is 74.9 cm³/mol. The number of rotatable bonds is 3. The minimum Gasteiger partial charge on any atom is -0.345 e. The van der Waals surface area contributed by atoms with E-state index in [0.717, 1.165) is 18.7 Å². The van der Waals surface area contributed by atoms with E-state index in [1.165, 1.54) is 25.8 Å². The van der Waals surface area contributed by atoms with Gasteiger partial charge in [0.2, 0.25) is 5.79 Å². The number of piperidine rings is 1. The molecule has 1 aromatic carbocycles. The quantitative estimate of drug-likeness (QED) is 0.835. The summed E-state index contributed by atoms with van der Waals surface area (Å²) in [6.45, 7) is 5.53. The van der Waals surface area contributed by atoms with Gasteiger partial charge in [-0.25, -0.2) is 0 Å². The largest absolute Gasteiger partial charge is 0.345 e. The second-order valence-corrected chi connectivity index (χ2v) is 5.48. The van der Waals surface area contributed by atoms with Gasteiger partial charge in [-0.3, -0.25) is 4.90 Å². The van der Waals surface area contributed by atoms with Crippen molar-refractivity contribution >= 4 is 0 Å². The number of hydrogen-bond acceptors (Lipinski definition) is 3. The van der Waals surface area contributed by atoms with Crippen LogP contribution in [-0.2, 0) is 15.3 Å². The Morgan fingerprint density at radius 2 is 2.16 bits per heavy atom. The summed E-state index contributed by atoms with van der Waals surface area (Å²) in [6, 6.07) is 11.0. The zero-order valence-corrected chi connectivity index (χ0v) is 11.7. The smallest absolute Gasteiger partial charge is 0.208 e. The summed E-state index contributed by atoms with van der Waals surface area (Å²) in [5.74, 6) is -0.566. The SMILES string of the molecule is CCOC1(c2ccccc2)CN2CCCCC2CO1. The molecule has 2 aliphatic heterocycles. The van der Waals surface area contributed by atoms with E-state index in [1.807, 2.05) is 13.0 Å². The molecule has 0 radical (unpaired) electrons. The number of benzene rings is 1. The molecule has 2 unspecified atom stereocenters. The maximum Gasteiger partial charge on any atom is 0.208 e. The van der Waals surface area contributed by atoms with E-state index < -0.39 is 5.79 Å². The highest BCUT2D eigenvalue weighted by molar-refractivity contribution is 5.21. The van der Waals surface area contributed by atoms with Crippen LogP contribution in [0.5, 0.6) is 0 Å². The summed E-state index contributed by atoms with van der Waals surface area (Å²) < 4.78 is 12.2. The topological polar surface area (TPSA) is 21.7 Å². The highest BCUT2D eigenvalue weighted by atomic mass is 16.7.